The summed E-state index contributed by atoms with van der Waals surface area (Å²) in [6.45, 7) is 0. The maximum absolute atomic E-state index is 2.51. The van der Waals surface area contributed by atoms with Crippen LogP contribution in [0.4, 0.5) is 0 Å². The molecule has 0 bridgehead atoms. The van der Waals surface area contributed by atoms with Crippen molar-refractivity contribution < 1.29 is 0 Å². The first-order chi connectivity index (χ1) is 23.8. The maximum atomic E-state index is 2.51. The van der Waals surface area contributed by atoms with Gasteiger partial charge in [-0.05, 0) is 67.8 Å². The van der Waals surface area contributed by atoms with E-state index < -0.39 is 0 Å². The number of fused-ring (bicyclic) bond motifs is 6. The third-order valence-electron chi connectivity index (χ3n) is 10.5. The Morgan fingerprint density at radius 1 is 0.292 bits per heavy atom. The van der Waals surface area contributed by atoms with Crippen LogP contribution in [0.2, 0.25) is 0 Å². The quantitative estimate of drug-likeness (QED) is 0.175. The third kappa shape index (κ3) is 3.65. The lowest BCUT2D eigenvalue weighted by Crippen LogP contribution is -2.28. The Morgan fingerprint density at radius 3 is 0.917 bits per heavy atom. The van der Waals surface area contributed by atoms with E-state index in [0.29, 0.717) is 0 Å². The van der Waals surface area contributed by atoms with E-state index in [-0.39, 0.29) is 10.8 Å². The fraction of sp³-hybridized carbons (Fsp3) is 0.0435. The van der Waals surface area contributed by atoms with Crippen LogP contribution in [0.5, 0.6) is 0 Å². The second kappa shape index (κ2) is 10.6. The fourth-order valence-corrected chi connectivity index (χ4v) is 11.2. The molecule has 0 spiro atoms. The molecule has 0 saturated carbocycles. The molecule has 0 nitrogen and oxygen atoms in total. The zero-order valence-electron chi connectivity index (χ0n) is 26.1. The molecule has 2 aromatic heterocycles. The fourth-order valence-electron chi connectivity index (χ4n) is 8.62. The van der Waals surface area contributed by atoms with Gasteiger partial charge in [-0.1, -0.05) is 170 Å². The minimum absolute atomic E-state index is 0.381. The monoisotopic (exact) mass is 646 g/mol. The molecule has 0 atom stereocenters. The van der Waals surface area contributed by atoms with Gasteiger partial charge in [0.2, 0.25) is 0 Å². The van der Waals surface area contributed by atoms with Crippen molar-refractivity contribution in [3.05, 3.63) is 226 Å². The second-order valence-electron chi connectivity index (χ2n) is 12.8. The summed E-state index contributed by atoms with van der Waals surface area (Å²) in [7, 11) is 0. The van der Waals surface area contributed by atoms with Crippen LogP contribution in [0.25, 0.3) is 30.6 Å². The summed E-state index contributed by atoms with van der Waals surface area (Å²) in [5, 5.41) is 0. The lowest BCUT2D eigenvalue weighted by Gasteiger charge is -2.33. The maximum Gasteiger partial charge on any atom is 0.0722 e. The summed E-state index contributed by atoms with van der Waals surface area (Å²) in [4.78, 5) is 5.41. The van der Waals surface area contributed by atoms with E-state index in [9.17, 15) is 0 Å². The topological polar surface area (TPSA) is 0 Å². The van der Waals surface area contributed by atoms with Crippen LogP contribution in [0, 0.1) is 0 Å². The zero-order chi connectivity index (χ0) is 31.7. The van der Waals surface area contributed by atoms with Crippen molar-refractivity contribution in [2.75, 3.05) is 0 Å². The van der Waals surface area contributed by atoms with Gasteiger partial charge in [0, 0.05) is 19.5 Å². The van der Waals surface area contributed by atoms with Gasteiger partial charge in [-0.2, -0.15) is 0 Å². The lowest BCUT2D eigenvalue weighted by molar-refractivity contribution is 0.770. The van der Waals surface area contributed by atoms with Crippen molar-refractivity contribution in [3.63, 3.8) is 0 Å². The van der Waals surface area contributed by atoms with Crippen LogP contribution in [-0.4, -0.2) is 0 Å². The van der Waals surface area contributed by atoms with Crippen LogP contribution in [0.1, 0.15) is 44.5 Å². The van der Waals surface area contributed by atoms with Crippen molar-refractivity contribution in [2.24, 2.45) is 0 Å². The van der Waals surface area contributed by atoms with E-state index in [1.54, 1.807) is 0 Å². The molecule has 10 rings (SSSR count). The predicted octanol–water partition coefficient (Wildman–Crippen LogP) is 12.2. The van der Waals surface area contributed by atoms with Crippen molar-refractivity contribution in [2.45, 2.75) is 10.8 Å². The normalized spacial score (nSPS) is 14.6. The first-order valence-corrected chi connectivity index (χ1v) is 18.2. The van der Waals surface area contributed by atoms with E-state index in [4.69, 9.17) is 0 Å². The molecule has 0 saturated heterocycles. The van der Waals surface area contributed by atoms with Crippen LogP contribution in [0.3, 0.4) is 0 Å². The Bertz CT molecular complexity index is 2180. The number of rotatable bonds is 5. The van der Waals surface area contributed by atoms with Crippen LogP contribution in [-0.2, 0) is 10.8 Å². The molecule has 0 radical (unpaired) electrons. The molecule has 6 aromatic carbocycles. The Hall–Kier alpha value is -5.28. The molecule has 0 unspecified atom stereocenters. The average Bonchev–Trinajstić information content (AvgIpc) is 3.92. The highest BCUT2D eigenvalue weighted by molar-refractivity contribution is 7.25. The summed E-state index contributed by atoms with van der Waals surface area (Å²) in [6.07, 6.45) is 0. The van der Waals surface area contributed by atoms with Gasteiger partial charge >= 0.3 is 0 Å². The van der Waals surface area contributed by atoms with Gasteiger partial charge in [-0.3, -0.25) is 0 Å². The van der Waals surface area contributed by atoms with Crippen LogP contribution in [0.15, 0.2) is 182 Å². The number of hydrogen-bond donors (Lipinski definition) is 0. The smallest absolute Gasteiger partial charge is 0.0722 e. The highest BCUT2D eigenvalue weighted by atomic mass is 32.1. The van der Waals surface area contributed by atoms with Gasteiger partial charge in [0.05, 0.1) is 10.8 Å². The minimum atomic E-state index is -0.381. The van der Waals surface area contributed by atoms with E-state index >= 15 is 0 Å². The predicted molar refractivity (Wildman–Crippen MR) is 202 cm³/mol. The molecule has 2 aliphatic carbocycles. The highest BCUT2D eigenvalue weighted by Crippen LogP contribution is 2.63. The number of benzene rings is 6. The third-order valence-corrected chi connectivity index (χ3v) is 13.0. The first kappa shape index (κ1) is 27.8. The highest BCUT2D eigenvalue weighted by Gasteiger charge is 2.49. The Labute approximate surface area is 289 Å². The van der Waals surface area contributed by atoms with Gasteiger partial charge in [0.25, 0.3) is 0 Å². The van der Waals surface area contributed by atoms with Gasteiger partial charge in [-0.25, -0.2) is 0 Å². The average molecular weight is 647 g/mol. The number of thiophene rings is 2. The Balaban J connectivity index is 1.24. The zero-order valence-corrected chi connectivity index (χ0v) is 27.8. The molecule has 2 aliphatic rings. The first-order valence-electron chi connectivity index (χ1n) is 16.5. The van der Waals surface area contributed by atoms with Gasteiger partial charge in [0.15, 0.2) is 0 Å². The molecule has 0 aliphatic heterocycles. The molecule has 8 aromatic rings. The summed E-state index contributed by atoms with van der Waals surface area (Å²) >= 11 is 3.90. The summed E-state index contributed by atoms with van der Waals surface area (Å²) in [6, 6.07) is 67.5. The van der Waals surface area contributed by atoms with E-state index in [1.807, 2.05) is 22.7 Å². The molecular formula is C46H30S2. The molecule has 0 amide bonds. The molecule has 0 N–H and O–H groups in total. The second-order valence-corrected chi connectivity index (χ2v) is 14.9. The lowest BCUT2D eigenvalue weighted by atomic mass is 9.68. The molecule has 2 heterocycles. The molecule has 226 valence electrons. The van der Waals surface area contributed by atoms with Crippen molar-refractivity contribution >= 4 is 22.7 Å². The Morgan fingerprint density at radius 2 is 0.583 bits per heavy atom. The van der Waals surface area contributed by atoms with Crippen LogP contribution >= 0.6 is 22.7 Å². The molecule has 48 heavy (non-hydrogen) atoms. The molecule has 0 fully saturated rings. The van der Waals surface area contributed by atoms with E-state index in [2.05, 4.69) is 182 Å². The van der Waals surface area contributed by atoms with Crippen molar-refractivity contribution in [1.29, 1.82) is 0 Å². The van der Waals surface area contributed by atoms with Crippen LogP contribution < -0.4 is 0 Å². The van der Waals surface area contributed by atoms with Crippen molar-refractivity contribution in [1.82, 2.24) is 0 Å². The Kier molecular flexibility index (Phi) is 6.15. The van der Waals surface area contributed by atoms with E-state index in [0.717, 1.165) is 0 Å². The molecular weight excluding hydrogens is 617 g/mol. The molecule has 2 heteroatoms. The minimum Gasteiger partial charge on any atom is -0.134 e. The summed E-state index contributed by atoms with van der Waals surface area (Å²) in [5.74, 6) is 0. The number of hydrogen-bond acceptors (Lipinski definition) is 2. The van der Waals surface area contributed by atoms with Crippen molar-refractivity contribution in [3.8, 4) is 30.6 Å². The van der Waals surface area contributed by atoms with Gasteiger partial charge in [-0.15, -0.1) is 22.7 Å². The standard InChI is InChI=1S/C46H30S2/c1-5-17-31(18-6-1)45(32-19-7-2-8-20-32)37-27-15-13-25-35(37)43-39(45)29-41(47-43)42-30-40-44(48-42)36-26-14-16-28-38(36)46(40,33-21-9-3-10-22-33)34-23-11-4-12-24-34/h1-30H. The summed E-state index contributed by atoms with van der Waals surface area (Å²) in [5.41, 5.74) is 12.6. The SMILES string of the molecule is c1ccc(C2(c3ccccc3)c3ccccc3-c3sc(-c4cc5c(s4)-c4ccccc4C5(c4ccccc4)c4ccccc4)cc32)cc1. The van der Waals surface area contributed by atoms with E-state index in [1.165, 1.54) is 75.1 Å². The largest absolute Gasteiger partial charge is 0.134 e. The van der Waals surface area contributed by atoms with Gasteiger partial charge in [0.1, 0.15) is 0 Å². The summed E-state index contributed by atoms with van der Waals surface area (Å²) < 4.78 is 0. The van der Waals surface area contributed by atoms with Gasteiger partial charge < -0.3 is 0 Å².